The van der Waals surface area contributed by atoms with Crippen LogP contribution in [-0.4, -0.2) is 64.9 Å². The lowest BCUT2D eigenvalue weighted by Crippen LogP contribution is -2.43. The molecular weight excluding hydrogens is 709 g/mol. The van der Waals surface area contributed by atoms with Crippen molar-refractivity contribution in [3.63, 3.8) is 0 Å². The number of carbonyl (C=O) groups is 3. The van der Waals surface area contributed by atoms with E-state index in [-0.39, 0.29) is 12.8 Å². The van der Waals surface area contributed by atoms with Crippen LogP contribution in [0, 0.1) is 0 Å². The third-order valence-corrected chi connectivity index (χ3v) is 10.8. The van der Waals surface area contributed by atoms with Gasteiger partial charge in [0.2, 0.25) is 5.91 Å². The Morgan fingerprint density at radius 3 is 1.22 bits per heavy atom. The molecule has 0 fully saturated rings. The number of rotatable bonds is 42. The maximum Gasteiger partial charge on any atom is 0.472 e. The van der Waals surface area contributed by atoms with Gasteiger partial charge in [0.25, 0.3) is 0 Å². The maximum atomic E-state index is 12.3. The molecule has 0 heterocycles. The zero-order valence-electron chi connectivity index (χ0n) is 34.6. The Kier molecular flexibility index (Phi) is 37.3. The number of carboxylic acids is 1. The van der Waals surface area contributed by atoms with Crippen LogP contribution in [0.25, 0.3) is 0 Å². The number of nitrogens with one attached hydrogen (secondary N) is 1. The van der Waals surface area contributed by atoms with Crippen molar-refractivity contribution in [1.29, 1.82) is 0 Å². The molecule has 0 saturated heterocycles. The number of phosphoric ester groups is 1. The van der Waals surface area contributed by atoms with Gasteiger partial charge in [0.05, 0.1) is 13.2 Å². The first kappa shape index (κ1) is 52.5. The molecule has 0 bridgehead atoms. The summed E-state index contributed by atoms with van der Waals surface area (Å²) in [6, 6.07) is -1.54. The smallest absolute Gasteiger partial charge is 0.472 e. The standard InChI is InChI=1S/C42H82NO10P/c1-3-5-7-9-11-13-15-16-17-18-19-20-21-22-24-25-27-29-31-33-40(45)43-39(42(47)48)37-53-54(49,50)52-36-38(44)35-51-41(46)34-32-30-28-26-23-14-12-10-8-6-4-2/h38-39,44H,3-37H2,1-2H3,(H,43,45)(H,47,48)(H,49,50). The molecule has 11 nitrogen and oxygen atoms in total. The van der Waals surface area contributed by atoms with Crippen LogP contribution < -0.4 is 5.32 Å². The Balaban J connectivity index is 3.85. The third kappa shape index (κ3) is 37.4. The van der Waals surface area contributed by atoms with Crippen molar-refractivity contribution in [1.82, 2.24) is 5.32 Å². The van der Waals surface area contributed by atoms with Gasteiger partial charge in [-0.1, -0.05) is 194 Å². The summed E-state index contributed by atoms with van der Waals surface area (Å²) in [6.45, 7) is 2.61. The SMILES string of the molecule is CCCCCCCCCCCCCCCCCCCCCC(=O)NC(COP(=O)(O)OCC(O)COC(=O)CCCCCCCCCCCCC)C(=O)O. The normalized spacial score (nSPS) is 13.7. The molecule has 4 N–H and O–H groups in total. The molecule has 12 heteroatoms. The van der Waals surface area contributed by atoms with Crippen molar-refractivity contribution in [2.75, 3.05) is 19.8 Å². The van der Waals surface area contributed by atoms with Crippen molar-refractivity contribution in [3.05, 3.63) is 0 Å². The van der Waals surface area contributed by atoms with Gasteiger partial charge in [-0.3, -0.25) is 18.6 Å². The minimum absolute atomic E-state index is 0.153. The summed E-state index contributed by atoms with van der Waals surface area (Å²) in [4.78, 5) is 45.8. The Labute approximate surface area is 329 Å². The second-order valence-corrected chi connectivity index (χ2v) is 16.7. The van der Waals surface area contributed by atoms with Gasteiger partial charge in [0.1, 0.15) is 12.7 Å². The molecule has 0 aromatic carbocycles. The number of carboxylic acid groups (broad SMARTS) is 1. The van der Waals surface area contributed by atoms with Gasteiger partial charge in [-0.2, -0.15) is 0 Å². The summed E-state index contributed by atoms with van der Waals surface area (Å²) in [5.41, 5.74) is 0. The molecule has 0 spiro atoms. The van der Waals surface area contributed by atoms with Crippen LogP contribution >= 0.6 is 7.82 Å². The quantitative estimate of drug-likeness (QED) is 0.0265. The number of ether oxygens (including phenoxy) is 1. The van der Waals surface area contributed by atoms with E-state index in [9.17, 15) is 34.1 Å². The third-order valence-electron chi connectivity index (χ3n) is 9.90. The van der Waals surface area contributed by atoms with Crippen molar-refractivity contribution in [2.24, 2.45) is 0 Å². The van der Waals surface area contributed by atoms with E-state index in [4.69, 9.17) is 13.8 Å². The van der Waals surface area contributed by atoms with Gasteiger partial charge < -0.3 is 25.2 Å². The van der Waals surface area contributed by atoms with Crippen molar-refractivity contribution in [2.45, 2.75) is 231 Å². The van der Waals surface area contributed by atoms with E-state index in [1.54, 1.807) is 0 Å². The highest BCUT2D eigenvalue weighted by atomic mass is 31.2. The molecule has 0 aromatic rings. The number of aliphatic carboxylic acids is 1. The highest BCUT2D eigenvalue weighted by molar-refractivity contribution is 7.47. The number of esters is 1. The minimum atomic E-state index is -4.74. The zero-order valence-corrected chi connectivity index (χ0v) is 35.4. The molecule has 0 aromatic heterocycles. The van der Waals surface area contributed by atoms with Crippen LogP contribution in [0.2, 0.25) is 0 Å². The van der Waals surface area contributed by atoms with Crippen molar-refractivity contribution < 1.29 is 47.8 Å². The largest absolute Gasteiger partial charge is 0.480 e. The van der Waals surface area contributed by atoms with Crippen LogP contribution in [-0.2, 0) is 32.7 Å². The molecule has 54 heavy (non-hydrogen) atoms. The van der Waals surface area contributed by atoms with Crippen molar-refractivity contribution >= 4 is 25.7 Å². The van der Waals surface area contributed by atoms with Crippen molar-refractivity contribution in [3.8, 4) is 0 Å². The zero-order chi connectivity index (χ0) is 40.0. The second kappa shape index (κ2) is 38.4. The van der Waals surface area contributed by atoms with E-state index in [0.717, 1.165) is 38.5 Å². The first-order chi connectivity index (χ1) is 26.1. The summed E-state index contributed by atoms with van der Waals surface area (Å²) in [6.07, 6.45) is 35.6. The molecule has 0 rings (SSSR count). The van der Waals surface area contributed by atoms with E-state index in [0.29, 0.717) is 12.8 Å². The minimum Gasteiger partial charge on any atom is -0.480 e. The summed E-state index contributed by atoms with van der Waals surface area (Å²) >= 11 is 0. The first-order valence-corrected chi connectivity index (χ1v) is 23.6. The number of carbonyl (C=O) groups excluding carboxylic acids is 2. The van der Waals surface area contributed by atoms with E-state index in [1.807, 2.05) is 0 Å². The van der Waals surface area contributed by atoms with Gasteiger partial charge in [-0.15, -0.1) is 0 Å². The molecule has 3 atom stereocenters. The summed E-state index contributed by atoms with van der Waals surface area (Å²) < 4.78 is 26.8. The van der Waals surface area contributed by atoms with Gasteiger partial charge in [0, 0.05) is 12.8 Å². The number of hydrogen-bond acceptors (Lipinski definition) is 8. The second-order valence-electron chi connectivity index (χ2n) is 15.3. The van der Waals surface area contributed by atoms with E-state index < -0.39 is 57.6 Å². The van der Waals surface area contributed by atoms with Gasteiger partial charge in [0.15, 0.2) is 6.04 Å². The van der Waals surface area contributed by atoms with Crippen LogP contribution in [0.1, 0.15) is 219 Å². The van der Waals surface area contributed by atoms with Gasteiger partial charge >= 0.3 is 19.8 Å². The summed E-state index contributed by atoms with van der Waals surface area (Å²) in [5.74, 6) is -2.35. The average Bonchev–Trinajstić information content (AvgIpc) is 3.14. The van der Waals surface area contributed by atoms with E-state index in [1.165, 1.54) is 141 Å². The fraction of sp³-hybridized carbons (Fsp3) is 0.929. The lowest BCUT2D eigenvalue weighted by Gasteiger charge is -2.18. The lowest BCUT2D eigenvalue weighted by atomic mass is 10.0. The number of amides is 1. The monoisotopic (exact) mass is 792 g/mol. The Morgan fingerprint density at radius 2 is 0.852 bits per heavy atom. The van der Waals surface area contributed by atoms with Gasteiger partial charge in [-0.05, 0) is 12.8 Å². The van der Waals surface area contributed by atoms with Crippen LogP contribution in [0.5, 0.6) is 0 Å². The molecule has 0 aliphatic heterocycles. The number of unbranched alkanes of at least 4 members (excludes halogenated alkanes) is 28. The fourth-order valence-corrected chi connectivity index (χ4v) is 7.21. The number of hydrogen-bond donors (Lipinski definition) is 4. The fourth-order valence-electron chi connectivity index (χ4n) is 6.43. The Hall–Kier alpha value is -1.52. The Morgan fingerprint density at radius 1 is 0.519 bits per heavy atom. The molecule has 3 unspecified atom stereocenters. The number of phosphoric acid groups is 1. The highest BCUT2D eigenvalue weighted by Gasteiger charge is 2.28. The highest BCUT2D eigenvalue weighted by Crippen LogP contribution is 2.43. The van der Waals surface area contributed by atoms with Crippen LogP contribution in [0.4, 0.5) is 0 Å². The number of aliphatic hydroxyl groups excluding tert-OH is 1. The predicted molar refractivity (Wildman–Crippen MR) is 217 cm³/mol. The topological polar surface area (TPSA) is 169 Å². The molecule has 0 aliphatic rings. The molecule has 320 valence electrons. The average molecular weight is 792 g/mol. The summed E-state index contributed by atoms with van der Waals surface area (Å²) in [7, 11) is -4.74. The van der Waals surface area contributed by atoms with E-state index >= 15 is 0 Å². The molecule has 0 saturated carbocycles. The molecular formula is C42H82NO10P. The predicted octanol–water partition coefficient (Wildman–Crippen LogP) is 11.1. The molecule has 1 amide bonds. The van der Waals surface area contributed by atoms with Crippen LogP contribution in [0.3, 0.4) is 0 Å². The van der Waals surface area contributed by atoms with Gasteiger partial charge in [-0.25, -0.2) is 9.36 Å². The van der Waals surface area contributed by atoms with E-state index in [2.05, 4.69) is 19.2 Å². The lowest BCUT2D eigenvalue weighted by molar-refractivity contribution is -0.147. The van der Waals surface area contributed by atoms with Crippen LogP contribution in [0.15, 0.2) is 0 Å². The summed E-state index contributed by atoms with van der Waals surface area (Å²) in [5, 5.41) is 21.8. The Bertz CT molecular complexity index is 937. The number of aliphatic hydroxyl groups is 1. The molecule has 0 radical (unpaired) electrons. The first-order valence-electron chi connectivity index (χ1n) is 22.1. The maximum absolute atomic E-state index is 12.3. The molecule has 0 aliphatic carbocycles.